The van der Waals surface area contributed by atoms with E-state index in [9.17, 15) is 17.6 Å². The number of hydrogen-bond donors (Lipinski definition) is 1. The molecule has 0 saturated carbocycles. The lowest BCUT2D eigenvalue weighted by Gasteiger charge is -2.18. The van der Waals surface area contributed by atoms with Gasteiger partial charge in [-0.3, -0.25) is 4.79 Å². The third-order valence-electron chi connectivity index (χ3n) is 3.40. The van der Waals surface area contributed by atoms with Crippen molar-refractivity contribution in [2.24, 2.45) is 0 Å². The highest BCUT2D eigenvalue weighted by Crippen LogP contribution is 2.27. The number of rotatable bonds is 5. The molecule has 5 nitrogen and oxygen atoms in total. The van der Waals surface area contributed by atoms with Crippen LogP contribution in [0.3, 0.4) is 0 Å². The number of hydrogen-bond acceptors (Lipinski definition) is 3. The summed E-state index contributed by atoms with van der Waals surface area (Å²) in [7, 11) is -2.77. The van der Waals surface area contributed by atoms with Crippen molar-refractivity contribution in [3.8, 4) is 0 Å². The van der Waals surface area contributed by atoms with Gasteiger partial charge < -0.3 is 5.32 Å². The minimum Gasteiger partial charge on any atom is -0.325 e. The van der Waals surface area contributed by atoms with Crippen molar-refractivity contribution in [2.75, 3.05) is 18.9 Å². The fourth-order valence-corrected chi connectivity index (χ4v) is 3.86. The molecule has 0 aromatic heterocycles. The zero-order valence-electron chi connectivity index (χ0n) is 13.4. The molecular formula is C16H15Cl2FN2O3S. The highest BCUT2D eigenvalue weighted by atomic mass is 35.5. The Labute approximate surface area is 155 Å². The lowest BCUT2D eigenvalue weighted by Crippen LogP contribution is -2.35. The summed E-state index contributed by atoms with van der Waals surface area (Å²) in [5, 5.41) is 2.65. The van der Waals surface area contributed by atoms with Crippen LogP contribution in [0.1, 0.15) is 5.56 Å². The Hall–Kier alpha value is -1.67. The summed E-state index contributed by atoms with van der Waals surface area (Å²) >= 11 is 11.7. The van der Waals surface area contributed by atoms with E-state index in [0.29, 0.717) is 5.56 Å². The molecule has 2 rings (SSSR count). The van der Waals surface area contributed by atoms with Crippen LogP contribution in [0.5, 0.6) is 0 Å². The summed E-state index contributed by atoms with van der Waals surface area (Å²) in [4.78, 5) is 11.9. The van der Waals surface area contributed by atoms with Crippen molar-refractivity contribution < 1.29 is 17.6 Å². The molecule has 2 aromatic rings. The summed E-state index contributed by atoms with van der Waals surface area (Å²) in [6.45, 7) is 1.12. The van der Waals surface area contributed by atoms with E-state index in [1.54, 1.807) is 6.92 Å². The predicted octanol–water partition coefficient (Wildman–Crippen LogP) is 3.70. The van der Waals surface area contributed by atoms with Crippen molar-refractivity contribution in [1.82, 2.24) is 4.31 Å². The molecule has 0 unspecified atom stereocenters. The fraction of sp³-hybridized carbons (Fsp3) is 0.188. The van der Waals surface area contributed by atoms with Gasteiger partial charge in [-0.05, 0) is 42.8 Å². The van der Waals surface area contributed by atoms with Crippen molar-refractivity contribution >= 4 is 44.8 Å². The Balaban J connectivity index is 2.14. The maximum Gasteiger partial charge on any atom is 0.244 e. The van der Waals surface area contributed by atoms with E-state index < -0.39 is 28.3 Å². The first-order valence-corrected chi connectivity index (χ1v) is 9.28. The number of benzene rings is 2. The minimum absolute atomic E-state index is 0.00253. The number of likely N-dealkylation sites (N-methyl/N-ethyl adjacent to an activating group) is 1. The Kier molecular flexibility index (Phi) is 6.05. The van der Waals surface area contributed by atoms with Gasteiger partial charge in [-0.15, -0.1) is 0 Å². The van der Waals surface area contributed by atoms with Gasteiger partial charge in [-0.1, -0.05) is 29.3 Å². The van der Waals surface area contributed by atoms with Crippen LogP contribution in [0.4, 0.5) is 10.1 Å². The first-order valence-electron chi connectivity index (χ1n) is 7.08. The topological polar surface area (TPSA) is 66.5 Å². The number of nitrogens with one attached hydrogen (secondary N) is 1. The largest absolute Gasteiger partial charge is 0.325 e. The van der Waals surface area contributed by atoms with E-state index in [1.165, 1.54) is 37.4 Å². The molecular weight excluding hydrogens is 390 g/mol. The second-order valence-corrected chi connectivity index (χ2v) is 8.20. The first kappa shape index (κ1) is 19.7. The van der Waals surface area contributed by atoms with Crippen LogP contribution in [0.2, 0.25) is 10.0 Å². The molecule has 0 aliphatic rings. The van der Waals surface area contributed by atoms with Crippen molar-refractivity contribution in [3.05, 3.63) is 57.8 Å². The quantitative estimate of drug-likeness (QED) is 0.825. The molecule has 0 aliphatic carbocycles. The summed E-state index contributed by atoms with van der Waals surface area (Å²) in [6, 6.07) is 8.23. The van der Waals surface area contributed by atoms with Crippen LogP contribution in [0, 0.1) is 12.7 Å². The maximum absolute atomic E-state index is 13.5. The Morgan fingerprint density at radius 1 is 1.20 bits per heavy atom. The normalized spacial score (nSPS) is 11.6. The van der Waals surface area contributed by atoms with Crippen LogP contribution in [-0.4, -0.2) is 32.2 Å². The van der Waals surface area contributed by atoms with E-state index in [-0.39, 0.29) is 20.6 Å². The monoisotopic (exact) mass is 404 g/mol. The van der Waals surface area contributed by atoms with E-state index in [2.05, 4.69) is 5.32 Å². The van der Waals surface area contributed by atoms with Gasteiger partial charge in [0.1, 0.15) is 10.7 Å². The van der Waals surface area contributed by atoms with E-state index in [4.69, 9.17) is 23.2 Å². The average Bonchev–Trinajstić information content (AvgIpc) is 2.53. The molecule has 0 saturated heterocycles. The highest BCUT2D eigenvalue weighted by Gasteiger charge is 2.25. The van der Waals surface area contributed by atoms with E-state index >= 15 is 0 Å². The molecule has 0 bridgehead atoms. The number of carbonyl (C=O) groups excluding carboxylic acids is 1. The standard InChI is InChI=1S/C16H15Cl2FN2O3S/c1-10-3-5-12(8-14(10)19)20-16(22)9-21(2)25(23,24)15-7-11(17)4-6-13(15)18/h3-8H,9H2,1-2H3,(H,20,22). The van der Waals surface area contributed by atoms with Gasteiger partial charge in [0, 0.05) is 17.8 Å². The minimum atomic E-state index is -4.01. The van der Waals surface area contributed by atoms with Crippen LogP contribution < -0.4 is 5.32 Å². The zero-order valence-corrected chi connectivity index (χ0v) is 15.7. The molecule has 0 atom stereocenters. The molecule has 2 aromatic carbocycles. The Morgan fingerprint density at radius 2 is 1.88 bits per heavy atom. The lowest BCUT2D eigenvalue weighted by atomic mass is 10.2. The summed E-state index contributed by atoms with van der Waals surface area (Å²) in [5.74, 6) is -1.09. The number of nitrogens with zero attached hydrogens (tertiary/aromatic N) is 1. The molecule has 0 spiro atoms. The van der Waals surface area contributed by atoms with Crippen molar-refractivity contribution in [3.63, 3.8) is 0 Å². The number of sulfonamides is 1. The molecule has 0 fully saturated rings. The van der Waals surface area contributed by atoms with E-state index in [0.717, 1.165) is 10.4 Å². The first-order chi connectivity index (χ1) is 11.6. The van der Waals surface area contributed by atoms with Crippen molar-refractivity contribution in [1.29, 1.82) is 0 Å². The average molecular weight is 405 g/mol. The van der Waals surface area contributed by atoms with Crippen molar-refractivity contribution in [2.45, 2.75) is 11.8 Å². The van der Waals surface area contributed by atoms with Gasteiger partial charge in [0.05, 0.1) is 11.6 Å². The molecule has 134 valence electrons. The van der Waals surface area contributed by atoms with Gasteiger partial charge in [0.25, 0.3) is 0 Å². The summed E-state index contributed by atoms with van der Waals surface area (Å²) in [6.07, 6.45) is 0. The second-order valence-electron chi connectivity index (χ2n) is 5.35. The van der Waals surface area contributed by atoms with Gasteiger partial charge >= 0.3 is 0 Å². The summed E-state index contributed by atoms with van der Waals surface area (Å²) in [5.41, 5.74) is 0.674. The van der Waals surface area contributed by atoms with Crippen LogP contribution in [-0.2, 0) is 14.8 Å². The predicted molar refractivity (Wildman–Crippen MR) is 96.0 cm³/mol. The number of amides is 1. The number of carbonyl (C=O) groups is 1. The number of aryl methyl sites for hydroxylation is 1. The lowest BCUT2D eigenvalue weighted by molar-refractivity contribution is -0.116. The number of halogens is 3. The molecule has 0 aliphatic heterocycles. The van der Waals surface area contributed by atoms with Gasteiger partial charge in [-0.2, -0.15) is 4.31 Å². The van der Waals surface area contributed by atoms with Crippen LogP contribution in [0.15, 0.2) is 41.3 Å². The molecule has 25 heavy (non-hydrogen) atoms. The third-order valence-corrected chi connectivity index (χ3v) is 5.92. The zero-order chi connectivity index (χ0) is 18.8. The van der Waals surface area contributed by atoms with Gasteiger partial charge in [0.2, 0.25) is 15.9 Å². The van der Waals surface area contributed by atoms with Crippen LogP contribution in [0.25, 0.3) is 0 Å². The second kappa shape index (κ2) is 7.70. The summed E-state index contributed by atoms with van der Waals surface area (Å²) < 4.78 is 39.4. The molecule has 1 N–H and O–H groups in total. The highest BCUT2D eigenvalue weighted by molar-refractivity contribution is 7.89. The SMILES string of the molecule is Cc1ccc(NC(=O)CN(C)S(=O)(=O)c2cc(Cl)ccc2Cl)cc1F. The molecule has 0 heterocycles. The van der Waals surface area contributed by atoms with Crippen LogP contribution >= 0.6 is 23.2 Å². The number of anilines is 1. The van der Waals surface area contributed by atoms with E-state index in [1.807, 2.05) is 0 Å². The fourth-order valence-electron chi connectivity index (χ4n) is 2.00. The Bertz CT molecular complexity index is 920. The molecule has 9 heteroatoms. The molecule has 0 radical (unpaired) electrons. The third kappa shape index (κ3) is 4.70. The van der Waals surface area contributed by atoms with Gasteiger partial charge in [0.15, 0.2) is 0 Å². The van der Waals surface area contributed by atoms with Gasteiger partial charge in [-0.25, -0.2) is 12.8 Å². The Morgan fingerprint density at radius 3 is 2.52 bits per heavy atom. The maximum atomic E-state index is 13.5. The molecule has 1 amide bonds. The smallest absolute Gasteiger partial charge is 0.244 e.